The molecule has 2 heterocycles. The van der Waals surface area contributed by atoms with Crippen LogP contribution in [0, 0.1) is 0 Å². The van der Waals surface area contributed by atoms with Gasteiger partial charge in [-0.2, -0.15) is 0 Å². The van der Waals surface area contributed by atoms with Gasteiger partial charge in [-0.25, -0.2) is 0 Å². The number of fused-ring (bicyclic) bond motifs is 2. The van der Waals surface area contributed by atoms with Crippen LogP contribution in [0.2, 0.25) is 0 Å². The topological polar surface area (TPSA) is 30.9 Å². The van der Waals surface area contributed by atoms with Crippen LogP contribution in [-0.4, -0.2) is 32.4 Å². The van der Waals surface area contributed by atoms with Gasteiger partial charge in [0.15, 0.2) is 11.5 Å². The monoisotopic (exact) mass is 375 g/mol. The average Bonchev–Trinajstić information content (AvgIpc) is 3.11. The molecule has 0 N–H and O–H groups in total. The molecule has 2 aliphatic heterocycles. The summed E-state index contributed by atoms with van der Waals surface area (Å²) in [5, 5.41) is 0. The van der Waals surface area contributed by atoms with Crippen molar-refractivity contribution in [2.45, 2.75) is 31.7 Å². The SMILES string of the molecule is COc1c2c(cc3c1C(CCCc1ccccc1)N(C)CC3)OCO2.Cl. The van der Waals surface area contributed by atoms with Gasteiger partial charge in [0.1, 0.15) is 0 Å². The molecule has 2 aromatic carbocycles. The molecule has 5 heteroatoms. The number of nitrogens with zero attached hydrogens (tertiary/aromatic N) is 1. The van der Waals surface area contributed by atoms with Crippen LogP contribution in [0.15, 0.2) is 36.4 Å². The summed E-state index contributed by atoms with van der Waals surface area (Å²) < 4.78 is 17.0. The third-order valence-corrected chi connectivity index (χ3v) is 5.33. The predicted octanol–water partition coefficient (Wildman–Crippen LogP) is 4.40. The number of ether oxygens (including phenoxy) is 3. The van der Waals surface area contributed by atoms with Crippen LogP contribution in [0.1, 0.15) is 35.6 Å². The van der Waals surface area contributed by atoms with Crippen LogP contribution in [-0.2, 0) is 12.8 Å². The maximum atomic E-state index is 5.77. The van der Waals surface area contributed by atoms with Crippen LogP contribution in [0.3, 0.4) is 0 Å². The van der Waals surface area contributed by atoms with E-state index >= 15 is 0 Å². The fourth-order valence-corrected chi connectivity index (χ4v) is 4.03. The lowest BCUT2D eigenvalue weighted by Crippen LogP contribution is -2.32. The molecule has 0 amide bonds. The van der Waals surface area contributed by atoms with Crippen molar-refractivity contribution >= 4 is 12.4 Å². The van der Waals surface area contributed by atoms with Gasteiger partial charge in [-0.1, -0.05) is 30.3 Å². The van der Waals surface area contributed by atoms with E-state index in [4.69, 9.17) is 14.2 Å². The first kappa shape index (κ1) is 18.9. The molecule has 140 valence electrons. The lowest BCUT2D eigenvalue weighted by molar-refractivity contribution is 0.170. The van der Waals surface area contributed by atoms with Crippen LogP contribution in [0.25, 0.3) is 0 Å². The molecule has 0 bridgehead atoms. The fourth-order valence-electron chi connectivity index (χ4n) is 4.03. The van der Waals surface area contributed by atoms with Crippen molar-refractivity contribution in [1.29, 1.82) is 0 Å². The molecule has 0 fully saturated rings. The number of aryl methyl sites for hydroxylation is 1. The van der Waals surface area contributed by atoms with Crippen LogP contribution in [0.4, 0.5) is 0 Å². The van der Waals surface area contributed by atoms with Crippen molar-refractivity contribution in [3.63, 3.8) is 0 Å². The number of methoxy groups -OCH3 is 1. The quantitative estimate of drug-likeness (QED) is 0.775. The number of benzene rings is 2. The highest BCUT2D eigenvalue weighted by atomic mass is 35.5. The zero-order valence-electron chi connectivity index (χ0n) is 15.4. The van der Waals surface area contributed by atoms with Gasteiger partial charge >= 0.3 is 0 Å². The molecule has 1 atom stereocenters. The predicted molar refractivity (Wildman–Crippen MR) is 105 cm³/mol. The Hall–Kier alpha value is -1.91. The summed E-state index contributed by atoms with van der Waals surface area (Å²) in [5.41, 5.74) is 4.02. The Morgan fingerprint density at radius 3 is 2.77 bits per heavy atom. The molecule has 2 aromatic rings. The first-order valence-corrected chi connectivity index (χ1v) is 9.01. The minimum absolute atomic E-state index is 0. The Bertz CT molecular complexity index is 751. The van der Waals surface area contributed by atoms with E-state index in [9.17, 15) is 0 Å². The van der Waals surface area contributed by atoms with Crippen LogP contribution >= 0.6 is 12.4 Å². The standard InChI is InChI=1S/C21H25NO3.ClH/c1-22-12-11-16-13-18-20(25-14-24-18)21(23-2)19(16)17(22)10-6-9-15-7-4-3-5-8-15;/h3-5,7-8,13,17H,6,9-12,14H2,1-2H3;1H. The van der Waals surface area contributed by atoms with Crippen molar-refractivity contribution in [1.82, 2.24) is 4.90 Å². The summed E-state index contributed by atoms with van der Waals surface area (Å²) >= 11 is 0. The molecule has 1 unspecified atom stereocenters. The molecule has 0 radical (unpaired) electrons. The molecule has 0 saturated carbocycles. The van der Waals surface area contributed by atoms with E-state index in [-0.39, 0.29) is 19.2 Å². The van der Waals surface area contributed by atoms with Gasteiger partial charge in [-0.05, 0) is 49.9 Å². The molecule has 0 aliphatic carbocycles. The Kier molecular flexibility index (Phi) is 5.94. The Morgan fingerprint density at radius 2 is 2.00 bits per heavy atom. The van der Waals surface area contributed by atoms with Crippen molar-refractivity contribution in [3.05, 3.63) is 53.1 Å². The third kappa shape index (κ3) is 3.49. The third-order valence-electron chi connectivity index (χ3n) is 5.33. The second-order valence-corrected chi connectivity index (χ2v) is 6.84. The first-order valence-electron chi connectivity index (χ1n) is 9.01. The number of hydrogen-bond donors (Lipinski definition) is 0. The lowest BCUT2D eigenvalue weighted by Gasteiger charge is -2.36. The van der Waals surface area contributed by atoms with E-state index in [2.05, 4.69) is 48.3 Å². The van der Waals surface area contributed by atoms with Crippen LogP contribution in [0.5, 0.6) is 17.2 Å². The van der Waals surface area contributed by atoms with Gasteiger partial charge in [0.05, 0.1) is 7.11 Å². The molecule has 2 aliphatic rings. The van der Waals surface area contributed by atoms with Gasteiger partial charge < -0.3 is 14.2 Å². The van der Waals surface area contributed by atoms with E-state index in [1.165, 1.54) is 16.7 Å². The molecule has 4 rings (SSSR count). The van der Waals surface area contributed by atoms with E-state index in [1.54, 1.807) is 7.11 Å². The molecule has 0 spiro atoms. The van der Waals surface area contributed by atoms with Gasteiger partial charge in [0.2, 0.25) is 12.5 Å². The maximum absolute atomic E-state index is 5.77. The first-order chi connectivity index (χ1) is 12.3. The summed E-state index contributed by atoms with van der Waals surface area (Å²) in [6, 6.07) is 13.2. The molecular weight excluding hydrogens is 350 g/mol. The Labute approximate surface area is 161 Å². The second kappa shape index (κ2) is 8.19. The number of likely N-dealkylation sites (N-methyl/N-ethyl adjacent to an activating group) is 1. The Balaban J connectivity index is 0.00000196. The zero-order chi connectivity index (χ0) is 17.2. The molecule has 0 saturated heterocycles. The van der Waals surface area contributed by atoms with E-state index in [0.717, 1.165) is 49.5 Å². The summed E-state index contributed by atoms with van der Waals surface area (Å²) in [7, 11) is 3.94. The van der Waals surface area contributed by atoms with Gasteiger partial charge in [-0.15, -0.1) is 12.4 Å². The highest BCUT2D eigenvalue weighted by Gasteiger charge is 2.33. The maximum Gasteiger partial charge on any atom is 0.231 e. The Morgan fingerprint density at radius 1 is 1.19 bits per heavy atom. The molecule has 0 aromatic heterocycles. The highest BCUT2D eigenvalue weighted by molar-refractivity contribution is 5.85. The van der Waals surface area contributed by atoms with Crippen molar-refractivity contribution in [2.24, 2.45) is 0 Å². The number of hydrogen-bond acceptors (Lipinski definition) is 4. The fraction of sp³-hybridized carbons (Fsp3) is 0.429. The number of rotatable bonds is 5. The lowest BCUT2D eigenvalue weighted by atomic mass is 9.88. The smallest absolute Gasteiger partial charge is 0.231 e. The summed E-state index contributed by atoms with van der Waals surface area (Å²) in [6.45, 7) is 1.34. The van der Waals surface area contributed by atoms with Gasteiger partial charge in [-0.3, -0.25) is 4.90 Å². The van der Waals surface area contributed by atoms with Crippen molar-refractivity contribution in [2.75, 3.05) is 27.5 Å². The van der Waals surface area contributed by atoms with Crippen LogP contribution < -0.4 is 14.2 Å². The molecule has 26 heavy (non-hydrogen) atoms. The zero-order valence-corrected chi connectivity index (χ0v) is 16.2. The largest absolute Gasteiger partial charge is 0.492 e. The molecular formula is C21H26ClNO3. The number of halogens is 1. The van der Waals surface area contributed by atoms with Crippen molar-refractivity contribution in [3.8, 4) is 17.2 Å². The van der Waals surface area contributed by atoms with Gasteiger partial charge in [0.25, 0.3) is 0 Å². The molecule has 4 nitrogen and oxygen atoms in total. The summed E-state index contributed by atoms with van der Waals surface area (Å²) in [6.07, 6.45) is 4.38. The highest BCUT2D eigenvalue weighted by Crippen LogP contribution is 2.50. The van der Waals surface area contributed by atoms with E-state index in [0.29, 0.717) is 6.04 Å². The summed E-state index contributed by atoms with van der Waals surface area (Å²) in [5.74, 6) is 2.45. The second-order valence-electron chi connectivity index (χ2n) is 6.84. The minimum Gasteiger partial charge on any atom is -0.492 e. The van der Waals surface area contributed by atoms with Gasteiger partial charge in [0, 0.05) is 18.2 Å². The minimum atomic E-state index is 0. The average molecular weight is 376 g/mol. The van der Waals surface area contributed by atoms with E-state index in [1.807, 2.05) is 0 Å². The summed E-state index contributed by atoms with van der Waals surface area (Å²) in [4.78, 5) is 2.44. The van der Waals surface area contributed by atoms with E-state index < -0.39 is 0 Å². The van der Waals surface area contributed by atoms with Crippen molar-refractivity contribution < 1.29 is 14.2 Å². The normalized spacial score (nSPS) is 18.2.